The van der Waals surface area contributed by atoms with Crippen molar-refractivity contribution in [3.8, 4) is 27.6 Å². The highest BCUT2D eigenvalue weighted by atomic mass is 32.1. The van der Waals surface area contributed by atoms with Crippen LogP contribution in [0.15, 0.2) is 78.4 Å². The van der Waals surface area contributed by atoms with E-state index in [1.165, 1.54) is 12.0 Å². The zero-order chi connectivity index (χ0) is 44.7. The van der Waals surface area contributed by atoms with E-state index in [1.807, 2.05) is 69.6 Å². The third-order valence-corrected chi connectivity index (χ3v) is 12.1. The molecule has 0 radical (unpaired) electrons. The molecule has 63 heavy (non-hydrogen) atoms. The van der Waals surface area contributed by atoms with Crippen LogP contribution in [0.1, 0.15) is 55.4 Å². The van der Waals surface area contributed by atoms with Crippen molar-refractivity contribution in [3.63, 3.8) is 0 Å². The molecule has 5 amide bonds. The number of hydrogen-bond acceptors (Lipinski definition) is 12. The second-order valence-corrected chi connectivity index (χ2v) is 17.3. The van der Waals surface area contributed by atoms with Gasteiger partial charge >= 0.3 is 6.09 Å². The van der Waals surface area contributed by atoms with Crippen LogP contribution in [0.5, 0.6) is 5.75 Å². The number of H-pyrrole nitrogens is 1. The lowest BCUT2D eigenvalue weighted by atomic mass is 9.85. The van der Waals surface area contributed by atoms with Gasteiger partial charge in [0, 0.05) is 57.2 Å². The summed E-state index contributed by atoms with van der Waals surface area (Å²) in [5.74, 6) is -1.18. The number of methoxy groups -OCH3 is 1. The number of aromatic nitrogens is 4. The minimum absolute atomic E-state index is 0.227. The Labute approximate surface area is 369 Å². The SMILES string of the molecule is COc1cc(N2CCN(C(=O)OCC(=O)N[C@H](C(=O)N3CCC[C@H]3C(=O)NCc3ccc(-c4scnc4C)cc3)C(C)(C)C)CC2)ccc1NC(=O)c1cccc(-c2ccn[nH]2)n1. The number of aryl methyl sites for hydroxylation is 1. The van der Waals surface area contributed by atoms with E-state index in [9.17, 15) is 24.0 Å². The first-order chi connectivity index (χ1) is 30.3. The van der Waals surface area contributed by atoms with E-state index in [4.69, 9.17) is 9.47 Å². The highest BCUT2D eigenvalue weighted by molar-refractivity contribution is 7.13. The predicted octanol–water partition coefficient (Wildman–Crippen LogP) is 5.26. The van der Waals surface area contributed by atoms with Crippen molar-refractivity contribution in [2.75, 3.05) is 56.7 Å². The lowest BCUT2D eigenvalue weighted by Crippen LogP contribution is -2.58. The molecule has 2 aliphatic rings. The number of hydrogen-bond donors (Lipinski definition) is 4. The van der Waals surface area contributed by atoms with Crippen molar-refractivity contribution in [3.05, 3.63) is 95.4 Å². The molecule has 0 aliphatic carbocycles. The average Bonchev–Trinajstić information content (AvgIpc) is 4.10. The topological polar surface area (TPSA) is 204 Å². The lowest BCUT2D eigenvalue weighted by molar-refractivity contribution is -0.144. The van der Waals surface area contributed by atoms with Crippen LogP contribution in [0.4, 0.5) is 16.2 Å². The standard InChI is InChI=1S/C45H52N10O7S/c1-28-39(63-27-47-28)30-13-11-29(12-14-30)25-46-42(58)36-10-7-19-55(36)43(59)40(45(2,3)4)51-38(56)26-62-44(60)54-22-20-53(21-23-54)31-15-16-34(37(24-31)61-5)50-41(57)35-9-6-8-32(49-35)33-17-18-48-52-33/h6,8-9,11-18,24,27,36,40H,7,10,19-23,25-26H2,1-5H3,(H,46,58)(H,48,52)(H,50,57)(H,51,56)/t36-,40+/m0/s1. The Balaban J connectivity index is 0.872. The first-order valence-corrected chi connectivity index (χ1v) is 21.7. The van der Waals surface area contributed by atoms with Gasteiger partial charge in [-0.25, -0.2) is 14.8 Å². The number of piperazine rings is 1. The summed E-state index contributed by atoms with van der Waals surface area (Å²) in [6, 6.07) is 18.7. The largest absolute Gasteiger partial charge is 0.494 e. The second-order valence-electron chi connectivity index (χ2n) is 16.5. The monoisotopic (exact) mass is 876 g/mol. The Bertz CT molecular complexity index is 2420. The molecule has 4 N–H and O–H groups in total. The summed E-state index contributed by atoms with van der Waals surface area (Å²) < 4.78 is 11.0. The van der Waals surface area contributed by atoms with Gasteiger partial charge in [0.25, 0.3) is 11.8 Å². The molecule has 0 bridgehead atoms. The third-order valence-electron chi connectivity index (χ3n) is 11.1. The number of aromatic amines is 1. The normalized spacial score (nSPS) is 15.7. The molecule has 0 spiro atoms. The van der Waals surface area contributed by atoms with E-state index in [0.717, 1.165) is 27.4 Å². The smallest absolute Gasteiger partial charge is 0.410 e. The Morgan fingerprint density at radius 1 is 0.968 bits per heavy atom. The van der Waals surface area contributed by atoms with Gasteiger partial charge in [-0.05, 0) is 66.6 Å². The molecular weight excluding hydrogens is 825 g/mol. The van der Waals surface area contributed by atoms with Crippen LogP contribution in [0.25, 0.3) is 21.8 Å². The van der Waals surface area contributed by atoms with Gasteiger partial charge in [0.2, 0.25) is 11.8 Å². The number of likely N-dealkylation sites (tertiary alicyclic amines) is 1. The molecule has 17 nitrogen and oxygen atoms in total. The maximum Gasteiger partial charge on any atom is 0.410 e. The van der Waals surface area contributed by atoms with Gasteiger partial charge in [0.1, 0.15) is 23.5 Å². The first-order valence-electron chi connectivity index (χ1n) is 20.8. The minimum atomic E-state index is -0.963. The van der Waals surface area contributed by atoms with Crippen molar-refractivity contribution < 1.29 is 33.4 Å². The van der Waals surface area contributed by atoms with Gasteiger partial charge in [-0.2, -0.15) is 5.10 Å². The van der Waals surface area contributed by atoms with Crippen molar-refractivity contribution in [1.29, 1.82) is 0 Å². The summed E-state index contributed by atoms with van der Waals surface area (Å²) in [5.41, 5.74) is 6.89. The third kappa shape index (κ3) is 10.6. The number of amides is 5. The average molecular weight is 877 g/mol. The van der Waals surface area contributed by atoms with E-state index in [-0.39, 0.29) is 17.5 Å². The summed E-state index contributed by atoms with van der Waals surface area (Å²) >= 11 is 1.58. The fourth-order valence-corrected chi connectivity index (χ4v) is 8.43. The Hall–Kier alpha value is -6.82. The van der Waals surface area contributed by atoms with Crippen molar-refractivity contribution in [1.82, 2.24) is 40.6 Å². The first kappa shape index (κ1) is 44.2. The van der Waals surface area contributed by atoms with Gasteiger partial charge in [0.05, 0.1) is 40.3 Å². The quantitative estimate of drug-likeness (QED) is 0.120. The molecule has 0 saturated carbocycles. The number of carbonyl (C=O) groups is 5. The van der Waals surface area contributed by atoms with Crippen LogP contribution in [0, 0.1) is 12.3 Å². The summed E-state index contributed by atoms with van der Waals surface area (Å²) in [5, 5.41) is 15.4. The number of ether oxygens (including phenoxy) is 2. The highest BCUT2D eigenvalue weighted by Gasteiger charge is 2.42. The molecule has 2 aromatic carbocycles. The summed E-state index contributed by atoms with van der Waals surface area (Å²) in [6.07, 6.45) is 2.13. The number of nitrogens with one attached hydrogen (secondary N) is 4. The van der Waals surface area contributed by atoms with E-state index < -0.39 is 42.0 Å². The summed E-state index contributed by atoms with van der Waals surface area (Å²) in [6.45, 7) is 9.23. The van der Waals surface area contributed by atoms with Gasteiger partial charge < -0.3 is 40.1 Å². The maximum absolute atomic E-state index is 14.0. The molecule has 330 valence electrons. The second kappa shape index (κ2) is 19.5. The molecule has 5 heterocycles. The fourth-order valence-electron chi connectivity index (χ4n) is 7.62. The zero-order valence-electron chi connectivity index (χ0n) is 36.0. The Kier molecular flexibility index (Phi) is 13.7. The number of nitrogens with zero attached hydrogens (tertiary/aromatic N) is 6. The van der Waals surface area contributed by atoms with Crippen molar-refractivity contribution in [2.24, 2.45) is 5.41 Å². The number of carbonyl (C=O) groups excluding carboxylic acids is 5. The van der Waals surface area contributed by atoms with E-state index in [1.54, 1.807) is 52.8 Å². The summed E-state index contributed by atoms with van der Waals surface area (Å²) in [4.78, 5) is 81.9. The molecular formula is C45H52N10O7S. The molecule has 0 unspecified atom stereocenters. The molecule has 18 heteroatoms. The molecule has 2 saturated heterocycles. The van der Waals surface area contributed by atoms with Crippen LogP contribution < -0.4 is 25.6 Å². The number of rotatable bonds is 13. The van der Waals surface area contributed by atoms with Crippen LogP contribution in [0.3, 0.4) is 0 Å². The Morgan fingerprint density at radius 2 is 1.75 bits per heavy atom. The lowest BCUT2D eigenvalue weighted by Gasteiger charge is -2.36. The zero-order valence-corrected chi connectivity index (χ0v) is 36.8. The predicted molar refractivity (Wildman–Crippen MR) is 238 cm³/mol. The van der Waals surface area contributed by atoms with E-state index >= 15 is 0 Å². The van der Waals surface area contributed by atoms with Crippen LogP contribution in [0.2, 0.25) is 0 Å². The maximum atomic E-state index is 14.0. The molecule has 2 atom stereocenters. The van der Waals surface area contributed by atoms with Gasteiger partial charge in [0.15, 0.2) is 6.61 Å². The molecule has 2 aliphatic heterocycles. The van der Waals surface area contributed by atoms with Crippen molar-refractivity contribution >= 4 is 52.4 Å². The number of thiazole rings is 1. The highest BCUT2D eigenvalue weighted by Crippen LogP contribution is 2.32. The van der Waals surface area contributed by atoms with Gasteiger partial charge in [-0.1, -0.05) is 51.1 Å². The van der Waals surface area contributed by atoms with Crippen LogP contribution in [-0.4, -0.2) is 118 Å². The molecule has 7 rings (SSSR count). The van der Waals surface area contributed by atoms with E-state index in [2.05, 4.69) is 41.0 Å². The molecule has 3 aromatic heterocycles. The number of benzene rings is 2. The number of pyridine rings is 1. The molecule has 5 aromatic rings. The Morgan fingerprint density at radius 3 is 2.43 bits per heavy atom. The van der Waals surface area contributed by atoms with Gasteiger partial charge in [-0.15, -0.1) is 11.3 Å². The van der Waals surface area contributed by atoms with Crippen LogP contribution in [-0.2, 0) is 25.7 Å². The minimum Gasteiger partial charge on any atom is -0.494 e. The molecule has 2 fully saturated rings. The summed E-state index contributed by atoms with van der Waals surface area (Å²) in [7, 11) is 1.52. The van der Waals surface area contributed by atoms with Crippen molar-refractivity contribution in [2.45, 2.75) is 59.2 Å². The van der Waals surface area contributed by atoms with Gasteiger partial charge in [-0.3, -0.25) is 24.3 Å². The van der Waals surface area contributed by atoms with E-state index in [0.29, 0.717) is 74.9 Å². The fraction of sp³-hybridized carbons (Fsp3) is 0.378. The van der Waals surface area contributed by atoms with Crippen LogP contribution >= 0.6 is 11.3 Å². The number of anilines is 2.